The molecule has 0 saturated heterocycles. The lowest BCUT2D eigenvalue weighted by Gasteiger charge is -2.23. The van der Waals surface area contributed by atoms with Crippen molar-refractivity contribution in [3.05, 3.63) is 84.0 Å². The smallest absolute Gasteiger partial charge is 0.308 e. The van der Waals surface area contributed by atoms with Gasteiger partial charge < -0.3 is 10.1 Å². The van der Waals surface area contributed by atoms with Gasteiger partial charge in [0.05, 0.1) is 25.3 Å². The lowest BCUT2D eigenvalue weighted by molar-refractivity contribution is -0.144. The molecule has 0 aliphatic rings. The molecule has 0 heterocycles. The van der Waals surface area contributed by atoms with Gasteiger partial charge in [-0.15, -0.1) is 13.2 Å². The SMILES string of the molecule is C=CCCCCc1cc(F)cc(F)c1-c1cc(F)c(F)c([C@H](CC(=O)OCC)NC(=O)[C@@H](CC=C)OS(C)(=O)=O)c1. The summed E-state index contributed by atoms with van der Waals surface area (Å²) in [6, 6.07) is 1.92. The van der Waals surface area contributed by atoms with E-state index in [0.29, 0.717) is 25.3 Å². The number of unbranched alkanes of at least 4 members (excludes halogenated alkanes) is 2. The first-order valence-electron chi connectivity index (χ1n) is 12.8. The van der Waals surface area contributed by atoms with E-state index in [1.807, 2.05) is 0 Å². The molecule has 2 rings (SSSR count). The first kappa shape index (κ1) is 33.7. The Morgan fingerprint density at radius 2 is 1.73 bits per heavy atom. The summed E-state index contributed by atoms with van der Waals surface area (Å²) in [6.45, 7) is 8.53. The van der Waals surface area contributed by atoms with Crippen LogP contribution in [0, 0.1) is 23.3 Å². The summed E-state index contributed by atoms with van der Waals surface area (Å²) in [4.78, 5) is 25.3. The van der Waals surface area contributed by atoms with Crippen molar-refractivity contribution in [3.63, 3.8) is 0 Å². The molecule has 2 atom stereocenters. The van der Waals surface area contributed by atoms with E-state index in [9.17, 15) is 26.8 Å². The van der Waals surface area contributed by atoms with Crippen molar-refractivity contribution in [2.75, 3.05) is 12.9 Å². The van der Waals surface area contributed by atoms with Crippen molar-refractivity contribution < 1.29 is 44.5 Å². The van der Waals surface area contributed by atoms with Crippen molar-refractivity contribution in [3.8, 4) is 11.1 Å². The van der Waals surface area contributed by atoms with Crippen LogP contribution < -0.4 is 5.32 Å². The fourth-order valence-electron chi connectivity index (χ4n) is 4.20. The van der Waals surface area contributed by atoms with Crippen LogP contribution in [0.15, 0.2) is 49.6 Å². The lowest BCUT2D eigenvalue weighted by Crippen LogP contribution is -2.40. The molecule has 0 aliphatic carbocycles. The van der Waals surface area contributed by atoms with E-state index < -0.39 is 69.4 Å². The maximum absolute atomic E-state index is 15.2. The molecule has 1 amide bonds. The molecular formula is C29H33F4NO6S. The second kappa shape index (κ2) is 15.5. The summed E-state index contributed by atoms with van der Waals surface area (Å²) in [5.41, 5.74) is -0.661. The number of aryl methyl sites for hydroxylation is 1. The highest BCUT2D eigenvalue weighted by molar-refractivity contribution is 7.86. The fraction of sp³-hybridized carbons (Fsp3) is 0.379. The van der Waals surface area contributed by atoms with Crippen LogP contribution in [0.4, 0.5) is 17.6 Å². The Morgan fingerprint density at radius 3 is 2.34 bits per heavy atom. The molecule has 0 bridgehead atoms. The molecule has 7 nitrogen and oxygen atoms in total. The maximum Gasteiger partial charge on any atom is 0.308 e. The predicted molar refractivity (Wildman–Crippen MR) is 146 cm³/mol. The molecule has 0 fully saturated rings. The number of nitrogens with one attached hydrogen (secondary N) is 1. The molecule has 2 aromatic carbocycles. The molecule has 12 heteroatoms. The number of carbonyl (C=O) groups is 2. The second-order valence-electron chi connectivity index (χ2n) is 9.20. The maximum atomic E-state index is 15.2. The van der Waals surface area contributed by atoms with Crippen molar-refractivity contribution in [1.29, 1.82) is 0 Å². The number of ether oxygens (including phenoxy) is 1. The average Bonchev–Trinajstić information content (AvgIpc) is 2.86. The Hall–Kier alpha value is -3.51. The summed E-state index contributed by atoms with van der Waals surface area (Å²) >= 11 is 0. The number of benzene rings is 2. The Bertz CT molecular complexity index is 1380. The van der Waals surface area contributed by atoms with Gasteiger partial charge in [0.15, 0.2) is 17.7 Å². The summed E-state index contributed by atoms with van der Waals surface area (Å²) in [7, 11) is -4.12. The molecule has 0 aliphatic heterocycles. The van der Waals surface area contributed by atoms with Gasteiger partial charge in [-0.1, -0.05) is 12.2 Å². The molecule has 224 valence electrons. The lowest BCUT2D eigenvalue weighted by atomic mass is 9.91. The second-order valence-corrected chi connectivity index (χ2v) is 10.8. The predicted octanol–water partition coefficient (Wildman–Crippen LogP) is 5.84. The summed E-state index contributed by atoms with van der Waals surface area (Å²) in [6.07, 6.45) is 3.17. The van der Waals surface area contributed by atoms with Crippen LogP contribution in [0.5, 0.6) is 0 Å². The van der Waals surface area contributed by atoms with Gasteiger partial charge in [-0.25, -0.2) is 17.6 Å². The number of allylic oxidation sites excluding steroid dienone is 1. The van der Waals surface area contributed by atoms with Gasteiger partial charge in [0.25, 0.3) is 16.0 Å². The normalized spacial score (nSPS) is 12.8. The number of amides is 1. The van der Waals surface area contributed by atoms with E-state index in [4.69, 9.17) is 8.92 Å². The van der Waals surface area contributed by atoms with Gasteiger partial charge in [-0.05, 0) is 61.9 Å². The molecule has 0 unspecified atom stereocenters. The highest BCUT2D eigenvalue weighted by atomic mass is 32.2. The van der Waals surface area contributed by atoms with Gasteiger partial charge in [0.2, 0.25) is 0 Å². The zero-order valence-corrected chi connectivity index (χ0v) is 23.7. The number of rotatable bonds is 16. The molecule has 2 aromatic rings. The number of hydrogen-bond acceptors (Lipinski definition) is 6. The molecule has 0 radical (unpaired) electrons. The van der Waals surface area contributed by atoms with E-state index in [2.05, 4.69) is 18.5 Å². The highest BCUT2D eigenvalue weighted by Gasteiger charge is 2.30. The van der Waals surface area contributed by atoms with Crippen LogP contribution in [0.1, 0.15) is 56.2 Å². The number of hydrogen-bond donors (Lipinski definition) is 1. The Kier molecular flexibility index (Phi) is 12.7. The summed E-state index contributed by atoms with van der Waals surface area (Å²) in [5.74, 6) is -6.67. The van der Waals surface area contributed by atoms with E-state index >= 15 is 8.78 Å². The van der Waals surface area contributed by atoms with Crippen LogP contribution in [0.2, 0.25) is 0 Å². The molecule has 0 spiro atoms. The number of halogens is 4. The molecule has 0 saturated carbocycles. The van der Waals surface area contributed by atoms with Crippen molar-refractivity contribution >= 4 is 22.0 Å². The van der Waals surface area contributed by atoms with Gasteiger partial charge in [-0.3, -0.25) is 13.8 Å². The molecule has 0 aromatic heterocycles. The van der Waals surface area contributed by atoms with E-state index in [1.54, 1.807) is 6.08 Å². The van der Waals surface area contributed by atoms with Crippen molar-refractivity contribution in [2.24, 2.45) is 0 Å². The minimum Gasteiger partial charge on any atom is -0.466 e. The number of esters is 1. The van der Waals surface area contributed by atoms with Gasteiger partial charge in [0, 0.05) is 23.6 Å². The minimum absolute atomic E-state index is 0.0529. The fourth-order valence-corrected chi connectivity index (χ4v) is 4.79. The van der Waals surface area contributed by atoms with Crippen LogP contribution in [0.25, 0.3) is 11.1 Å². The van der Waals surface area contributed by atoms with Crippen LogP contribution in [0.3, 0.4) is 0 Å². The molecule has 41 heavy (non-hydrogen) atoms. The third kappa shape index (κ3) is 10.1. The van der Waals surface area contributed by atoms with Crippen molar-refractivity contribution in [2.45, 2.75) is 57.6 Å². The topological polar surface area (TPSA) is 98.8 Å². The minimum atomic E-state index is -4.12. The van der Waals surface area contributed by atoms with Gasteiger partial charge in [0.1, 0.15) is 11.6 Å². The number of carbonyl (C=O) groups excluding carboxylic acids is 2. The standard InChI is InChI=1S/C29H33F4NO6S/c1-5-8-9-10-12-18-13-20(30)16-22(31)27(18)19-14-21(28(33)23(32)15-19)24(17-26(35)39-7-3)34-29(36)25(11-6-2)40-41(4,37)38/h5-6,13-16,24-25H,1-2,7-12,17H2,3-4H3,(H,34,36)/t24-,25+/m0/s1. The third-order valence-electron chi connectivity index (χ3n) is 5.92. The van der Waals surface area contributed by atoms with Crippen LogP contribution >= 0.6 is 0 Å². The van der Waals surface area contributed by atoms with E-state index in [0.717, 1.165) is 24.5 Å². The van der Waals surface area contributed by atoms with Gasteiger partial charge in [-0.2, -0.15) is 8.42 Å². The Labute approximate surface area is 237 Å². The van der Waals surface area contributed by atoms with Gasteiger partial charge >= 0.3 is 5.97 Å². The van der Waals surface area contributed by atoms with Crippen LogP contribution in [-0.4, -0.2) is 39.3 Å². The first-order valence-corrected chi connectivity index (χ1v) is 14.7. The van der Waals surface area contributed by atoms with E-state index in [1.165, 1.54) is 13.0 Å². The zero-order chi connectivity index (χ0) is 30.7. The third-order valence-corrected chi connectivity index (χ3v) is 6.50. The Morgan fingerprint density at radius 1 is 1.02 bits per heavy atom. The largest absolute Gasteiger partial charge is 0.466 e. The monoisotopic (exact) mass is 599 g/mol. The van der Waals surface area contributed by atoms with Crippen LogP contribution in [-0.2, 0) is 35.0 Å². The quantitative estimate of drug-likeness (QED) is 0.0856. The highest BCUT2D eigenvalue weighted by Crippen LogP contribution is 2.34. The molecular weight excluding hydrogens is 566 g/mol. The van der Waals surface area contributed by atoms with E-state index in [-0.39, 0.29) is 36.1 Å². The zero-order valence-electron chi connectivity index (χ0n) is 22.9. The average molecular weight is 600 g/mol. The first-order chi connectivity index (χ1) is 19.3. The Balaban J connectivity index is 2.63. The molecule has 1 N–H and O–H groups in total. The van der Waals surface area contributed by atoms with Crippen molar-refractivity contribution in [1.82, 2.24) is 5.32 Å². The summed E-state index contributed by atoms with van der Waals surface area (Å²) in [5, 5.41) is 2.32. The summed E-state index contributed by atoms with van der Waals surface area (Å²) < 4.78 is 92.4.